The zero-order valence-corrected chi connectivity index (χ0v) is 11.0. The SMILES string of the molecule is O=C(CN1CCC(O)CC1)Nc1ccc([N+](=O)[O-])cc1. The lowest BCUT2D eigenvalue weighted by atomic mass is 10.1. The van der Waals surface area contributed by atoms with Crippen LogP contribution in [0.5, 0.6) is 0 Å². The lowest BCUT2D eigenvalue weighted by Crippen LogP contribution is -2.40. The minimum atomic E-state index is -0.482. The van der Waals surface area contributed by atoms with Crippen molar-refractivity contribution in [3.05, 3.63) is 34.4 Å². The molecule has 1 aliphatic heterocycles. The number of benzene rings is 1. The molecule has 2 rings (SSSR count). The molecule has 7 nitrogen and oxygen atoms in total. The second kappa shape index (κ2) is 6.44. The Hall–Kier alpha value is -1.99. The Kier molecular flexibility index (Phi) is 4.65. The third-order valence-electron chi connectivity index (χ3n) is 3.29. The number of nitro benzene ring substituents is 1. The van der Waals surface area contributed by atoms with E-state index in [1.807, 2.05) is 4.90 Å². The lowest BCUT2D eigenvalue weighted by molar-refractivity contribution is -0.384. The van der Waals surface area contributed by atoms with Gasteiger partial charge in [0.2, 0.25) is 5.91 Å². The van der Waals surface area contributed by atoms with Gasteiger partial charge in [0, 0.05) is 30.9 Å². The highest BCUT2D eigenvalue weighted by molar-refractivity contribution is 5.92. The Morgan fingerprint density at radius 1 is 1.35 bits per heavy atom. The number of carbonyl (C=O) groups excluding carboxylic acids is 1. The number of nitrogens with zero attached hydrogens (tertiary/aromatic N) is 2. The van der Waals surface area contributed by atoms with Crippen LogP contribution in [-0.2, 0) is 4.79 Å². The smallest absolute Gasteiger partial charge is 0.269 e. The number of amides is 1. The quantitative estimate of drug-likeness (QED) is 0.633. The molecule has 108 valence electrons. The maximum absolute atomic E-state index is 11.8. The number of likely N-dealkylation sites (tertiary alicyclic amines) is 1. The van der Waals surface area contributed by atoms with Crippen LogP contribution >= 0.6 is 0 Å². The van der Waals surface area contributed by atoms with E-state index in [1.54, 1.807) is 0 Å². The van der Waals surface area contributed by atoms with E-state index < -0.39 is 4.92 Å². The fourth-order valence-corrected chi connectivity index (χ4v) is 2.15. The maximum atomic E-state index is 11.8. The van der Waals surface area contributed by atoms with E-state index in [0.29, 0.717) is 31.6 Å². The molecule has 1 heterocycles. The average Bonchev–Trinajstić information content (AvgIpc) is 2.42. The molecule has 0 unspecified atom stereocenters. The van der Waals surface area contributed by atoms with Gasteiger partial charge in [-0.3, -0.25) is 19.8 Å². The molecule has 0 atom stereocenters. The van der Waals surface area contributed by atoms with E-state index in [2.05, 4.69) is 5.32 Å². The van der Waals surface area contributed by atoms with Crippen LogP contribution in [0.2, 0.25) is 0 Å². The summed E-state index contributed by atoms with van der Waals surface area (Å²) in [6.45, 7) is 1.67. The van der Waals surface area contributed by atoms with Gasteiger partial charge in [-0.15, -0.1) is 0 Å². The topological polar surface area (TPSA) is 95.7 Å². The first-order valence-corrected chi connectivity index (χ1v) is 6.49. The van der Waals surface area contributed by atoms with E-state index in [1.165, 1.54) is 24.3 Å². The predicted octanol–water partition coefficient (Wildman–Crippen LogP) is 0.990. The van der Waals surface area contributed by atoms with E-state index in [0.717, 1.165) is 0 Å². The van der Waals surface area contributed by atoms with Crippen molar-refractivity contribution < 1.29 is 14.8 Å². The second-order valence-electron chi connectivity index (χ2n) is 4.86. The molecule has 1 saturated heterocycles. The first kappa shape index (κ1) is 14.4. The molecule has 0 aliphatic carbocycles. The molecule has 0 saturated carbocycles. The molecule has 1 aliphatic rings. The number of carbonyl (C=O) groups is 1. The van der Waals surface area contributed by atoms with Crippen LogP contribution in [0.1, 0.15) is 12.8 Å². The zero-order chi connectivity index (χ0) is 14.5. The van der Waals surface area contributed by atoms with Gasteiger partial charge < -0.3 is 10.4 Å². The number of hydrogen-bond donors (Lipinski definition) is 2. The minimum absolute atomic E-state index is 0.00647. The van der Waals surface area contributed by atoms with Gasteiger partial charge in [-0.1, -0.05) is 0 Å². The summed E-state index contributed by atoms with van der Waals surface area (Å²) in [4.78, 5) is 23.8. The van der Waals surface area contributed by atoms with E-state index in [-0.39, 0.29) is 24.2 Å². The third kappa shape index (κ3) is 4.01. The Morgan fingerprint density at radius 3 is 2.50 bits per heavy atom. The zero-order valence-electron chi connectivity index (χ0n) is 11.0. The fraction of sp³-hybridized carbons (Fsp3) is 0.462. The Bertz CT molecular complexity index is 481. The molecule has 2 N–H and O–H groups in total. The van der Waals surface area contributed by atoms with Gasteiger partial charge in [-0.25, -0.2) is 0 Å². The highest BCUT2D eigenvalue weighted by Gasteiger charge is 2.19. The Balaban J connectivity index is 1.83. The fourth-order valence-electron chi connectivity index (χ4n) is 2.15. The lowest BCUT2D eigenvalue weighted by Gasteiger charge is -2.28. The summed E-state index contributed by atoms with van der Waals surface area (Å²) in [6.07, 6.45) is 1.11. The van der Waals surface area contributed by atoms with Crippen molar-refractivity contribution >= 4 is 17.3 Å². The van der Waals surface area contributed by atoms with E-state index >= 15 is 0 Å². The highest BCUT2D eigenvalue weighted by Crippen LogP contribution is 2.15. The number of piperidine rings is 1. The van der Waals surface area contributed by atoms with Crippen molar-refractivity contribution in [2.45, 2.75) is 18.9 Å². The summed E-state index contributed by atoms with van der Waals surface area (Å²) in [5.74, 6) is -0.157. The normalized spacial score (nSPS) is 16.9. The molecule has 0 bridgehead atoms. The average molecular weight is 279 g/mol. The monoisotopic (exact) mass is 279 g/mol. The predicted molar refractivity (Wildman–Crippen MR) is 73.4 cm³/mol. The molecule has 1 amide bonds. The highest BCUT2D eigenvalue weighted by atomic mass is 16.6. The van der Waals surface area contributed by atoms with Gasteiger partial charge >= 0.3 is 0 Å². The van der Waals surface area contributed by atoms with E-state index in [9.17, 15) is 20.0 Å². The number of non-ortho nitro benzene ring substituents is 1. The summed E-state index contributed by atoms with van der Waals surface area (Å²) in [7, 11) is 0. The summed E-state index contributed by atoms with van der Waals surface area (Å²) in [5, 5.41) is 22.6. The Labute approximate surface area is 116 Å². The molecular formula is C13H17N3O4. The van der Waals surface area contributed by atoms with Crippen molar-refractivity contribution in [2.75, 3.05) is 25.0 Å². The Morgan fingerprint density at radius 2 is 1.95 bits per heavy atom. The van der Waals surface area contributed by atoms with Crippen LogP contribution in [-0.4, -0.2) is 46.6 Å². The van der Waals surface area contributed by atoms with Crippen LogP contribution in [0.25, 0.3) is 0 Å². The molecule has 0 spiro atoms. The van der Waals surface area contributed by atoms with Crippen molar-refractivity contribution in [2.24, 2.45) is 0 Å². The number of nitrogens with one attached hydrogen (secondary N) is 1. The number of aliphatic hydroxyl groups excluding tert-OH is 1. The molecule has 1 aromatic rings. The summed E-state index contributed by atoms with van der Waals surface area (Å²) >= 11 is 0. The first-order valence-electron chi connectivity index (χ1n) is 6.49. The van der Waals surface area contributed by atoms with Crippen molar-refractivity contribution in [3.8, 4) is 0 Å². The number of anilines is 1. The molecular weight excluding hydrogens is 262 g/mol. The third-order valence-corrected chi connectivity index (χ3v) is 3.29. The van der Waals surface area contributed by atoms with Crippen LogP contribution in [0.4, 0.5) is 11.4 Å². The van der Waals surface area contributed by atoms with Gasteiger partial charge in [0.15, 0.2) is 0 Å². The van der Waals surface area contributed by atoms with Crippen LogP contribution < -0.4 is 5.32 Å². The molecule has 0 aromatic heterocycles. The molecule has 20 heavy (non-hydrogen) atoms. The standard InChI is InChI=1S/C13H17N3O4/c17-12-5-7-15(8-6-12)9-13(18)14-10-1-3-11(4-2-10)16(19)20/h1-4,12,17H,5-9H2,(H,14,18). The number of aliphatic hydroxyl groups is 1. The van der Waals surface area contributed by atoms with Gasteiger partial charge in [0.1, 0.15) is 0 Å². The van der Waals surface area contributed by atoms with Crippen molar-refractivity contribution in [1.29, 1.82) is 0 Å². The van der Waals surface area contributed by atoms with Crippen LogP contribution in [0.15, 0.2) is 24.3 Å². The largest absolute Gasteiger partial charge is 0.393 e. The van der Waals surface area contributed by atoms with Crippen molar-refractivity contribution in [1.82, 2.24) is 4.90 Å². The van der Waals surface area contributed by atoms with Crippen molar-refractivity contribution in [3.63, 3.8) is 0 Å². The number of rotatable bonds is 4. The van der Waals surface area contributed by atoms with Crippen LogP contribution in [0, 0.1) is 10.1 Å². The van der Waals surface area contributed by atoms with Gasteiger partial charge in [-0.05, 0) is 25.0 Å². The summed E-state index contributed by atoms with van der Waals surface area (Å²) < 4.78 is 0. The summed E-state index contributed by atoms with van der Waals surface area (Å²) in [5.41, 5.74) is 0.533. The first-order chi connectivity index (χ1) is 9.54. The van der Waals surface area contributed by atoms with Gasteiger partial charge in [0.05, 0.1) is 17.6 Å². The van der Waals surface area contributed by atoms with Gasteiger partial charge in [0.25, 0.3) is 5.69 Å². The minimum Gasteiger partial charge on any atom is -0.393 e. The molecule has 1 aromatic carbocycles. The molecule has 7 heteroatoms. The maximum Gasteiger partial charge on any atom is 0.269 e. The van der Waals surface area contributed by atoms with Crippen LogP contribution in [0.3, 0.4) is 0 Å². The van der Waals surface area contributed by atoms with Gasteiger partial charge in [-0.2, -0.15) is 0 Å². The van der Waals surface area contributed by atoms with E-state index in [4.69, 9.17) is 0 Å². The molecule has 0 radical (unpaired) electrons. The number of hydrogen-bond acceptors (Lipinski definition) is 5. The summed E-state index contributed by atoms with van der Waals surface area (Å²) in [6, 6.07) is 5.73. The number of nitro groups is 1. The second-order valence-corrected chi connectivity index (χ2v) is 4.86. The molecule has 1 fully saturated rings.